The molecule has 0 aliphatic heterocycles. The molecule has 1 aliphatic rings. The fraction of sp³-hybridized carbons (Fsp3) is 0.882. The van der Waals surface area contributed by atoms with Crippen molar-refractivity contribution in [2.45, 2.75) is 68.1 Å². The second-order valence-electron chi connectivity index (χ2n) is 7.58. The molecule has 3 N–H and O–H groups in total. The van der Waals surface area contributed by atoms with Crippen LogP contribution in [0.2, 0.25) is 0 Å². The lowest BCUT2D eigenvalue weighted by molar-refractivity contribution is -0.0843. The van der Waals surface area contributed by atoms with Crippen LogP contribution in [0.1, 0.15) is 39.5 Å². The van der Waals surface area contributed by atoms with E-state index in [1.807, 2.05) is 13.8 Å². The lowest BCUT2D eigenvalue weighted by atomic mass is 9.68. The normalized spacial score (nSPS) is 24.2. The van der Waals surface area contributed by atoms with Gasteiger partial charge < -0.3 is 15.3 Å². The molecule has 26 heavy (non-hydrogen) atoms. The quantitative estimate of drug-likeness (QED) is 0.594. The number of aromatic nitrogens is 3. The first-order valence-electron chi connectivity index (χ1n) is 8.96. The topological polar surface area (TPSA) is 91.4 Å². The van der Waals surface area contributed by atoms with Crippen LogP contribution in [0.4, 0.5) is 8.78 Å². The van der Waals surface area contributed by atoms with Gasteiger partial charge in [0, 0.05) is 10.7 Å². The summed E-state index contributed by atoms with van der Waals surface area (Å²) in [6, 6.07) is 0. The molecule has 1 atom stereocenters. The second kappa shape index (κ2) is 8.95. The van der Waals surface area contributed by atoms with Crippen LogP contribution in [0.15, 0.2) is 12.7 Å². The highest BCUT2D eigenvalue weighted by molar-refractivity contribution is 8.01. The molecule has 0 spiro atoms. The summed E-state index contributed by atoms with van der Waals surface area (Å²) in [5.74, 6) is -0.789. The third-order valence-corrected chi connectivity index (χ3v) is 7.16. The number of nitrogens with zero attached hydrogens (tertiary/aromatic N) is 3. The predicted octanol–water partition coefficient (Wildman–Crippen LogP) is 1.95. The lowest BCUT2D eigenvalue weighted by Crippen LogP contribution is -2.58. The van der Waals surface area contributed by atoms with Crippen LogP contribution in [0.5, 0.6) is 0 Å². The van der Waals surface area contributed by atoms with E-state index in [4.69, 9.17) is 0 Å². The number of aliphatic hydroxyl groups is 3. The van der Waals surface area contributed by atoms with E-state index in [0.717, 1.165) is 0 Å². The molecule has 0 radical (unpaired) electrons. The van der Waals surface area contributed by atoms with Crippen LogP contribution in [-0.4, -0.2) is 65.3 Å². The zero-order valence-corrected chi connectivity index (χ0v) is 16.1. The first-order chi connectivity index (χ1) is 12.2. The maximum absolute atomic E-state index is 13.0. The summed E-state index contributed by atoms with van der Waals surface area (Å²) in [5, 5.41) is 34.3. The summed E-state index contributed by atoms with van der Waals surface area (Å²) in [6.07, 6.45) is 2.36. The molecule has 0 amide bonds. The van der Waals surface area contributed by atoms with Gasteiger partial charge in [-0.3, -0.25) is 4.68 Å². The summed E-state index contributed by atoms with van der Waals surface area (Å²) < 4.78 is 26.8. The Morgan fingerprint density at radius 1 is 1.19 bits per heavy atom. The number of thioether (sulfide) groups is 1. The SMILES string of the molecule is CC(C)(SC(CO)CO)C(O)(Cn1cncn1)C1CCC(C(F)F)CC1. The molecule has 1 aromatic heterocycles. The largest absolute Gasteiger partial charge is 0.395 e. The number of rotatable bonds is 9. The molecular formula is C17H29F2N3O3S. The van der Waals surface area contributed by atoms with Crippen LogP contribution < -0.4 is 0 Å². The highest BCUT2D eigenvalue weighted by Gasteiger charge is 2.52. The zero-order valence-electron chi connectivity index (χ0n) is 15.3. The maximum atomic E-state index is 13.0. The fourth-order valence-electron chi connectivity index (χ4n) is 3.87. The molecule has 2 rings (SSSR count). The summed E-state index contributed by atoms with van der Waals surface area (Å²) in [4.78, 5) is 3.92. The van der Waals surface area contributed by atoms with E-state index in [9.17, 15) is 24.1 Å². The minimum absolute atomic E-state index is 0.178. The van der Waals surface area contributed by atoms with Crippen molar-refractivity contribution in [3.8, 4) is 0 Å². The van der Waals surface area contributed by atoms with Gasteiger partial charge >= 0.3 is 0 Å². The van der Waals surface area contributed by atoms with Crippen LogP contribution >= 0.6 is 11.8 Å². The molecule has 1 unspecified atom stereocenters. The Labute approximate surface area is 157 Å². The van der Waals surface area contributed by atoms with Crippen molar-refractivity contribution in [2.24, 2.45) is 11.8 Å². The van der Waals surface area contributed by atoms with Crippen molar-refractivity contribution in [3.63, 3.8) is 0 Å². The third kappa shape index (κ3) is 4.74. The van der Waals surface area contributed by atoms with Crippen LogP contribution in [-0.2, 0) is 6.54 Å². The fourth-order valence-corrected chi connectivity index (χ4v) is 5.29. The van der Waals surface area contributed by atoms with Crippen molar-refractivity contribution in [1.82, 2.24) is 14.8 Å². The van der Waals surface area contributed by atoms with Gasteiger partial charge in [0.2, 0.25) is 6.43 Å². The number of hydrogen-bond donors (Lipinski definition) is 3. The minimum Gasteiger partial charge on any atom is -0.395 e. The lowest BCUT2D eigenvalue weighted by Gasteiger charge is -2.50. The molecule has 6 nitrogen and oxygen atoms in total. The number of alkyl halides is 2. The Morgan fingerprint density at radius 3 is 2.27 bits per heavy atom. The zero-order chi connectivity index (χ0) is 19.4. The van der Waals surface area contributed by atoms with Crippen molar-refractivity contribution in [3.05, 3.63) is 12.7 Å². The summed E-state index contributed by atoms with van der Waals surface area (Å²) in [5.41, 5.74) is -1.25. The van der Waals surface area contributed by atoms with Gasteiger partial charge in [-0.1, -0.05) is 0 Å². The molecule has 1 fully saturated rings. The van der Waals surface area contributed by atoms with E-state index in [1.165, 1.54) is 24.4 Å². The average molecular weight is 394 g/mol. The monoisotopic (exact) mass is 393 g/mol. The minimum atomic E-state index is -2.32. The molecule has 0 saturated heterocycles. The van der Waals surface area contributed by atoms with Crippen molar-refractivity contribution < 1.29 is 24.1 Å². The summed E-state index contributed by atoms with van der Waals surface area (Å²) >= 11 is 1.32. The predicted molar refractivity (Wildman–Crippen MR) is 96.1 cm³/mol. The van der Waals surface area contributed by atoms with Crippen molar-refractivity contribution in [1.29, 1.82) is 0 Å². The maximum Gasteiger partial charge on any atom is 0.241 e. The highest BCUT2D eigenvalue weighted by atomic mass is 32.2. The van der Waals surface area contributed by atoms with Crippen molar-refractivity contribution >= 4 is 11.8 Å². The Balaban J connectivity index is 2.24. The average Bonchev–Trinajstić information content (AvgIpc) is 3.12. The molecule has 9 heteroatoms. The molecular weight excluding hydrogens is 364 g/mol. The van der Waals surface area contributed by atoms with E-state index >= 15 is 0 Å². The Morgan fingerprint density at radius 2 is 1.81 bits per heavy atom. The number of hydrogen-bond acceptors (Lipinski definition) is 6. The molecule has 0 bridgehead atoms. The van der Waals surface area contributed by atoms with Gasteiger partial charge in [-0.25, -0.2) is 13.8 Å². The smallest absolute Gasteiger partial charge is 0.241 e. The number of aliphatic hydroxyl groups excluding tert-OH is 2. The van der Waals surface area contributed by atoms with Gasteiger partial charge in [-0.2, -0.15) is 5.10 Å². The summed E-state index contributed by atoms with van der Waals surface area (Å²) in [7, 11) is 0. The van der Waals surface area contributed by atoms with Gasteiger partial charge in [0.15, 0.2) is 0 Å². The van der Waals surface area contributed by atoms with Gasteiger partial charge in [0.25, 0.3) is 0 Å². The molecule has 1 aliphatic carbocycles. The molecule has 150 valence electrons. The van der Waals surface area contributed by atoms with Crippen LogP contribution in [0.3, 0.4) is 0 Å². The van der Waals surface area contributed by atoms with E-state index in [-0.39, 0.29) is 25.7 Å². The molecule has 1 heterocycles. The van der Waals surface area contributed by atoms with Gasteiger partial charge in [0.05, 0.1) is 25.0 Å². The van der Waals surface area contributed by atoms with Crippen LogP contribution in [0, 0.1) is 11.8 Å². The Hall–Kier alpha value is -0.770. The first kappa shape index (κ1) is 21.5. The highest BCUT2D eigenvalue weighted by Crippen LogP contribution is 2.48. The van der Waals surface area contributed by atoms with E-state index in [1.54, 1.807) is 4.68 Å². The number of halogens is 2. The molecule has 0 aromatic carbocycles. The summed E-state index contributed by atoms with van der Waals surface area (Å²) in [6.45, 7) is 3.50. The standard InChI is InChI=1S/C17H29F2N3O3S/c1-16(2,26-14(7-23)8-24)17(25,9-22-11-20-10-21-22)13-5-3-12(4-6-13)15(18)19/h10-15,23-25H,3-9H2,1-2H3. The Kier molecular flexibility index (Phi) is 7.41. The van der Waals surface area contributed by atoms with Gasteiger partial charge in [-0.05, 0) is 45.4 Å². The molecule has 1 saturated carbocycles. The Bertz CT molecular complexity index is 535. The second-order valence-corrected chi connectivity index (χ2v) is 9.50. The van der Waals surface area contributed by atoms with Crippen LogP contribution in [0.25, 0.3) is 0 Å². The first-order valence-corrected chi connectivity index (χ1v) is 9.84. The van der Waals surface area contributed by atoms with E-state index in [2.05, 4.69) is 10.1 Å². The van der Waals surface area contributed by atoms with Gasteiger partial charge in [0.1, 0.15) is 18.3 Å². The van der Waals surface area contributed by atoms with E-state index < -0.39 is 27.9 Å². The van der Waals surface area contributed by atoms with Crippen molar-refractivity contribution in [2.75, 3.05) is 13.2 Å². The third-order valence-electron chi connectivity index (χ3n) is 5.58. The van der Waals surface area contributed by atoms with E-state index in [0.29, 0.717) is 25.7 Å². The van der Waals surface area contributed by atoms with Gasteiger partial charge in [-0.15, -0.1) is 11.8 Å². The molecule has 1 aromatic rings.